The molecule has 18 heavy (non-hydrogen) atoms. The van der Waals surface area contributed by atoms with Crippen molar-refractivity contribution in [3.63, 3.8) is 0 Å². The summed E-state index contributed by atoms with van der Waals surface area (Å²) in [6.45, 7) is 11.5. The van der Waals surface area contributed by atoms with Crippen molar-refractivity contribution in [3.05, 3.63) is 12.0 Å². The molecule has 4 nitrogen and oxygen atoms in total. The van der Waals surface area contributed by atoms with Gasteiger partial charge in [0.1, 0.15) is 5.04 Å². The summed E-state index contributed by atoms with van der Waals surface area (Å²) < 4.78 is 0.142. The van der Waals surface area contributed by atoms with E-state index in [0.29, 0.717) is 5.04 Å². The van der Waals surface area contributed by atoms with E-state index in [9.17, 15) is 10.0 Å². The molecule has 0 aliphatic carbocycles. The van der Waals surface area contributed by atoms with E-state index >= 15 is 0 Å². The lowest BCUT2D eigenvalue weighted by Gasteiger charge is -2.29. The lowest BCUT2D eigenvalue weighted by atomic mass is 9.80. The Morgan fingerprint density at radius 1 is 1.50 bits per heavy atom. The van der Waals surface area contributed by atoms with E-state index in [1.807, 2.05) is 27.7 Å². The van der Waals surface area contributed by atoms with Crippen LogP contribution in [0.1, 0.15) is 27.7 Å². The fourth-order valence-corrected chi connectivity index (χ4v) is 3.51. The first-order chi connectivity index (χ1) is 8.27. The molecule has 6 heteroatoms. The molecule has 0 aliphatic heterocycles. The van der Waals surface area contributed by atoms with Crippen LogP contribution in [0.15, 0.2) is 17.1 Å². The van der Waals surface area contributed by atoms with E-state index in [-0.39, 0.29) is 15.9 Å². The molecular weight excluding hydrogens is 268 g/mol. The number of carbonyl (C=O) groups is 1. The van der Waals surface area contributed by atoms with Gasteiger partial charge < -0.3 is 10.5 Å². The number of nitrogens with zero attached hydrogens (tertiary/aromatic N) is 1. The van der Waals surface area contributed by atoms with Gasteiger partial charge >= 0.3 is 0 Å². The van der Waals surface area contributed by atoms with Crippen LogP contribution in [0.4, 0.5) is 0 Å². The maximum absolute atomic E-state index is 12.0. The number of hydrogen-bond donors (Lipinski definition) is 2. The Balaban J connectivity index is 5.07. The molecule has 0 fully saturated rings. The molecule has 0 heterocycles. The molecule has 0 saturated carbocycles. The van der Waals surface area contributed by atoms with Crippen LogP contribution in [0.3, 0.4) is 0 Å². The van der Waals surface area contributed by atoms with E-state index in [1.165, 1.54) is 23.5 Å². The minimum atomic E-state index is -0.467. The van der Waals surface area contributed by atoms with E-state index in [2.05, 4.69) is 17.1 Å². The molecule has 0 aliphatic rings. The molecule has 0 rings (SSSR count). The minimum Gasteiger partial charge on any atom is -0.410 e. The topological polar surface area (TPSA) is 61.7 Å². The first-order valence-electron chi connectivity index (χ1n) is 5.64. The lowest BCUT2D eigenvalue weighted by Crippen LogP contribution is -2.40. The van der Waals surface area contributed by atoms with Crippen molar-refractivity contribution in [2.24, 2.45) is 16.5 Å². The second kappa shape index (κ2) is 7.74. The molecule has 0 aromatic rings. The van der Waals surface area contributed by atoms with Gasteiger partial charge in [0, 0.05) is 7.05 Å². The Kier molecular flexibility index (Phi) is 7.47. The summed E-state index contributed by atoms with van der Waals surface area (Å²) in [7, 11) is 1.59. The van der Waals surface area contributed by atoms with Crippen molar-refractivity contribution in [1.29, 1.82) is 0 Å². The standard InChI is InChI=1S/C12H22N2O2S2/c1-7-17-8(2)18-11(14-16)9(10(15)13-6)12(3,4)5/h7-9,16H,1H2,2-6H3,(H,13,15)/b14-11-. The highest BCUT2D eigenvalue weighted by atomic mass is 32.2. The average molecular weight is 290 g/mol. The Labute approximate surface area is 118 Å². The smallest absolute Gasteiger partial charge is 0.230 e. The first-order valence-corrected chi connectivity index (χ1v) is 7.46. The third kappa shape index (κ3) is 5.35. The second-order valence-electron chi connectivity index (χ2n) is 4.84. The van der Waals surface area contributed by atoms with Crippen LogP contribution in [0.5, 0.6) is 0 Å². The van der Waals surface area contributed by atoms with Crippen LogP contribution in [0, 0.1) is 11.3 Å². The number of oxime groups is 1. The predicted octanol–water partition coefficient (Wildman–Crippen LogP) is 3.14. The largest absolute Gasteiger partial charge is 0.410 e. The average Bonchev–Trinajstić information content (AvgIpc) is 2.26. The zero-order valence-electron chi connectivity index (χ0n) is 11.6. The van der Waals surface area contributed by atoms with Crippen LogP contribution in [0.25, 0.3) is 0 Å². The molecule has 0 radical (unpaired) electrons. The van der Waals surface area contributed by atoms with Crippen molar-refractivity contribution in [3.8, 4) is 0 Å². The number of carbonyl (C=O) groups excluding carboxylic acids is 1. The summed E-state index contributed by atoms with van der Waals surface area (Å²) >= 11 is 2.90. The number of hydrogen-bond acceptors (Lipinski definition) is 5. The Hall–Kier alpha value is -0.620. The molecule has 104 valence electrons. The van der Waals surface area contributed by atoms with E-state index in [1.54, 1.807) is 12.5 Å². The molecule has 0 spiro atoms. The molecule has 2 unspecified atom stereocenters. The second-order valence-corrected chi connectivity index (χ2v) is 7.81. The van der Waals surface area contributed by atoms with Crippen molar-refractivity contribution in [2.75, 3.05) is 7.05 Å². The van der Waals surface area contributed by atoms with Gasteiger partial charge in [-0.15, -0.1) is 11.8 Å². The molecule has 0 aromatic heterocycles. The molecule has 2 N–H and O–H groups in total. The number of thioether (sulfide) groups is 2. The first kappa shape index (κ1) is 17.4. The quantitative estimate of drug-likeness (QED) is 0.268. The van der Waals surface area contributed by atoms with Gasteiger partial charge in [0.15, 0.2) is 0 Å². The van der Waals surface area contributed by atoms with Crippen molar-refractivity contribution >= 4 is 34.5 Å². The van der Waals surface area contributed by atoms with Gasteiger partial charge in [-0.05, 0) is 17.7 Å². The maximum atomic E-state index is 12.0. The van der Waals surface area contributed by atoms with Crippen LogP contribution in [-0.2, 0) is 4.79 Å². The van der Waals surface area contributed by atoms with Crippen LogP contribution >= 0.6 is 23.5 Å². The molecular formula is C12H22N2O2S2. The fraction of sp³-hybridized carbons (Fsp3) is 0.667. The number of amides is 1. The lowest BCUT2D eigenvalue weighted by molar-refractivity contribution is -0.124. The number of nitrogens with one attached hydrogen (secondary N) is 1. The summed E-state index contributed by atoms with van der Waals surface area (Å²) in [5.41, 5.74) is -0.312. The summed E-state index contributed by atoms with van der Waals surface area (Å²) in [6.07, 6.45) is 0. The normalized spacial score (nSPS) is 15.9. The van der Waals surface area contributed by atoms with Crippen LogP contribution in [-0.4, -0.2) is 27.8 Å². The van der Waals surface area contributed by atoms with Gasteiger partial charge in [0.25, 0.3) is 0 Å². The molecule has 1 amide bonds. The summed E-state index contributed by atoms with van der Waals surface area (Å²) in [5, 5.41) is 17.3. The SMILES string of the molecule is C=CSC(C)S/C(=N\O)C(C(=O)NC)C(C)(C)C. The highest BCUT2D eigenvalue weighted by Crippen LogP contribution is 2.35. The third-order valence-corrected chi connectivity index (χ3v) is 4.38. The van der Waals surface area contributed by atoms with Gasteiger partial charge in [-0.1, -0.05) is 44.3 Å². The Morgan fingerprint density at radius 3 is 2.39 bits per heavy atom. The van der Waals surface area contributed by atoms with Crippen molar-refractivity contribution in [2.45, 2.75) is 32.3 Å². The third-order valence-electron chi connectivity index (χ3n) is 2.29. The molecule has 2 atom stereocenters. The highest BCUT2D eigenvalue weighted by molar-refractivity contribution is 8.25. The summed E-state index contributed by atoms with van der Waals surface area (Å²) in [5.74, 6) is -0.607. The zero-order chi connectivity index (χ0) is 14.3. The van der Waals surface area contributed by atoms with E-state index in [4.69, 9.17) is 0 Å². The summed E-state index contributed by atoms with van der Waals surface area (Å²) in [4.78, 5) is 12.0. The van der Waals surface area contributed by atoms with Gasteiger partial charge in [0.05, 0.1) is 10.5 Å². The van der Waals surface area contributed by atoms with Crippen LogP contribution in [0.2, 0.25) is 0 Å². The van der Waals surface area contributed by atoms with Crippen molar-refractivity contribution in [1.82, 2.24) is 5.32 Å². The maximum Gasteiger partial charge on any atom is 0.230 e. The van der Waals surface area contributed by atoms with Crippen LogP contribution < -0.4 is 5.32 Å². The fourth-order valence-electron chi connectivity index (χ4n) is 1.50. The van der Waals surface area contributed by atoms with Crippen molar-refractivity contribution < 1.29 is 10.0 Å². The van der Waals surface area contributed by atoms with Gasteiger partial charge in [-0.25, -0.2) is 0 Å². The van der Waals surface area contributed by atoms with E-state index in [0.717, 1.165) is 0 Å². The Bertz CT molecular complexity index is 325. The van der Waals surface area contributed by atoms with E-state index < -0.39 is 5.92 Å². The predicted molar refractivity (Wildman–Crippen MR) is 81.1 cm³/mol. The zero-order valence-corrected chi connectivity index (χ0v) is 13.2. The molecule has 0 aromatic carbocycles. The summed E-state index contributed by atoms with van der Waals surface area (Å²) in [6, 6.07) is 0. The monoisotopic (exact) mass is 290 g/mol. The molecule has 0 saturated heterocycles. The van der Waals surface area contributed by atoms with Gasteiger partial charge in [0.2, 0.25) is 5.91 Å². The highest BCUT2D eigenvalue weighted by Gasteiger charge is 2.36. The number of rotatable bonds is 5. The molecule has 0 bridgehead atoms. The van der Waals surface area contributed by atoms with Gasteiger partial charge in [-0.2, -0.15) is 0 Å². The Morgan fingerprint density at radius 2 is 2.06 bits per heavy atom. The minimum absolute atomic E-state index is 0.140. The van der Waals surface area contributed by atoms with Gasteiger partial charge in [-0.3, -0.25) is 4.79 Å².